The van der Waals surface area contributed by atoms with Crippen molar-refractivity contribution in [2.75, 3.05) is 13.1 Å². The first kappa shape index (κ1) is 15.2. The van der Waals surface area contributed by atoms with Gasteiger partial charge in [0.1, 0.15) is 0 Å². The number of ketones is 1. The lowest BCUT2D eigenvalue weighted by Crippen LogP contribution is -2.51. The van der Waals surface area contributed by atoms with Gasteiger partial charge in [0.15, 0.2) is 11.9 Å². The van der Waals surface area contributed by atoms with Crippen molar-refractivity contribution in [3.63, 3.8) is 0 Å². The molecule has 0 aromatic heterocycles. The van der Waals surface area contributed by atoms with Crippen LogP contribution in [0, 0.1) is 0 Å². The normalized spacial score (nSPS) is 21.9. The van der Waals surface area contributed by atoms with E-state index in [1.165, 1.54) is 11.8 Å². The Morgan fingerprint density at radius 3 is 2.24 bits per heavy atom. The van der Waals surface area contributed by atoms with Crippen molar-refractivity contribution >= 4 is 17.7 Å². The number of aliphatic carboxylic acids is 1. The standard InChI is InChI=1S/C15H17NO5/c1-9-7-16(8-13(21-9)15(19)20)14(18)12-5-3-11(4-6-12)10(2)17/h3-6,9,13H,7-8H2,1-2H3,(H,19,20)/t9-,13?/m1/s1. The summed E-state index contributed by atoms with van der Waals surface area (Å²) in [7, 11) is 0. The molecule has 0 aliphatic carbocycles. The molecule has 1 amide bonds. The van der Waals surface area contributed by atoms with Crippen LogP contribution in [0.3, 0.4) is 0 Å². The molecule has 1 aliphatic rings. The Hall–Kier alpha value is -2.21. The maximum atomic E-state index is 12.4. The van der Waals surface area contributed by atoms with E-state index < -0.39 is 12.1 Å². The highest BCUT2D eigenvalue weighted by molar-refractivity contribution is 5.98. The van der Waals surface area contributed by atoms with Gasteiger partial charge in [0.25, 0.3) is 5.91 Å². The van der Waals surface area contributed by atoms with Crippen LogP contribution in [0.15, 0.2) is 24.3 Å². The predicted octanol–water partition coefficient (Wildman–Crippen LogP) is 1.20. The van der Waals surface area contributed by atoms with Gasteiger partial charge >= 0.3 is 5.97 Å². The van der Waals surface area contributed by atoms with Crippen LogP contribution in [0.5, 0.6) is 0 Å². The number of carbonyl (C=O) groups excluding carboxylic acids is 2. The average Bonchev–Trinajstić information content (AvgIpc) is 2.45. The van der Waals surface area contributed by atoms with E-state index in [2.05, 4.69) is 0 Å². The van der Waals surface area contributed by atoms with Gasteiger partial charge in [0, 0.05) is 17.7 Å². The fourth-order valence-electron chi connectivity index (χ4n) is 2.28. The predicted molar refractivity (Wildman–Crippen MR) is 74.3 cm³/mol. The molecule has 0 spiro atoms. The van der Waals surface area contributed by atoms with Gasteiger partial charge in [-0.2, -0.15) is 0 Å². The van der Waals surface area contributed by atoms with Gasteiger partial charge in [-0.25, -0.2) is 4.79 Å². The van der Waals surface area contributed by atoms with E-state index in [0.29, 0.717) is 17.7 Å². The van der Waals surface area contributed by atoms with Crippen molar-refractivity contribution in [2.24, 2.45) is 0 Å². The van der Waals surface area contributed by atoms with Crippen molar-refractivity contribution in [1.82, 2.24) is 4.90 Å². The second-order valence-corrected chi connectivity index (χ2v) is 5.12. The minimum Gasteiger partial charge on any atom is -0.479 e. The zero-order valence-electron chi connectivity index (χ0n) is 11.9. The number of carbonyl (C=O) groups is 3. The number of ether oxygens (including phenoxy) is 1. The molecule has 1 N–H and O–H groups in total. The molecule has 0 saturated carbocycles. The Balaban J connectivity index is 2.14. The van der Waals surface area contributed by atoms with E-state index in [-0.39, 0.29) is 24.3 Å². The largest absolute Gasteiger partial charge is 0.479 e. The zero-order chi connectivity index (χ0) is 15.6. The van der Waals surface area contributed by atoms with E-state index in [9.17, 15) is 14.4 Å². The van der Waals surface area contributed by atoms with Crippen molar-refractivity contribution in [3.05, 3.63) is 35.4 Å². The summed E-state index contributed by atoms with van der Waals surface area (Å²) in [5.41, 5.74) is 0.962. The maximum absolute atomic E-state index is 12.4. The SMILES string of the molecule is CC(=O)c1ccc(C(=O)N2CC(C(=O)O)O[C@H](C)C2)cc1. The first-order valence-electron chi connectivity index (χ1n) is 6.67. The Labute approximate surface area is 122 Å². The molecule has 2 rings (SSSR count). The quantitative estimate of drug-likeness (QED) is 0.846. The number of Topliss-reactive ketones (excluding diaryl/α,β-unsaturated/α-hetero) is 1. The Morgan fingerprint density at radius 1 is 1.14 bits per heavy atom. The molecule has 0 radical (unpaired) electrons. The highest BCUT2D eigenvalue weighted by Gasteiger charge is 2.32. The number of rotatable bonds is 3. The van der Waals surface area contributed by atoms with Crippen LogP contribution >= 0.6 is 0 Å². The van der Waals surface area contributed by atoms with E-state index in [1.54, 1.807) is 31.2 Å². The lowest BCUT2D eigenvalue weighted by atomic mass is 10.1. The van der Waals surface area contributed by atoms with E-state index in [4.69, 9.17) is 9.84 Å². The van der Waals surface area contributed by atoms with Crippen molar-refractivity contribution in [1.29, 1.82) is 0 Å². The number of carboxylic acid groups (broad SMARTS) is 1. The maximum Gasteiger partial charge on any atom is 0.334 e. The summed E-state index contributed by atoms with van der Waals surface area (Å²) < 4.78 is 5.28. The summed E-state index contributed by atoms with van der Waals surface area (Å²) in [6.07, 6.45) is -1.34. The molecule has 1 heterocycles. The minimum atomic E-state index is -1.08. The molecule has 2 atom stereocenters. The van der Waals surface area contributed by atoms with Crippen LogP contribution in [-0.4, -0.2) is 53.0 Å². The Bertz CT molecular complexity index is 566. The molecule has 1 aromatic carbocycles. The third-order valence-electron chi connectivity index (χ3n) is 3.36. The van der Waals surface area contributed by atoms with Crippen LogP contribution in [0.1, 0.15) is 34.6 Å². The second-order valence-electron chi connectivity index (χ2n) is 5.12. The molecular weight excluding hydrogens is 274 g/mol. The molecule has 0 bridgehead atoms. The molecule has 112 valence electrons. The molecule has 6 nitrogen and oxygen atoms in total. The molecule has 1 saturated heterocycles. The van der Waals surface area contributed by atoms with Crippen molar-refractivity contribution in [3.8, 4) is 0 Å². The summed E-state index contributed by atoms with van der Waals surface area (Å²) in [4.78, 5) is 36.1. The first-order valence-corrected chi connectivity index (χ1v) is 6.67. The summed E-state index contributed by atoms with van der Waals surface area (Å²) in [5.74, 6) is -1.40. The fraction of sp³-hybridized carbons (Fsp3) is 0.400. The summed E-state index contributed by atoms with van der Waals surface area (Å²) >= 11 is 0. The lowest BCUT2D eigenvalue weighted by Gasteiger charge is -2.35. The second kappa shape index (κ2) is 6.05. The van der Waals surface area contributed by atoms with Crippen LogP contribution in [-0.2, 0) is 9.53 Å². The van der Waals surface area contributed by atoms with E-state index >= 15 is 0 Å². The molecule has 1 aromatic rings. The Kier molecular flexibility index (Phi) is 4.37. The van der Waals surface area contributed by atoms with Gasteiger partial charge in [-0.05, 0) is 26.0 Å². The monoisotopic (exact) mass is 291 g/mol. The van der Waals surface area contributed by atoms with Crippen LogP contribution in [0.25, 0.3) is 0 Å². The summed E-state index contributed by atoms with van der Waals surface area (Å²) in [6.45, 7) is 3.55. The lowest BCUT2D eigenvalue weighted by molar-refractivity contribution is -0.160. The highest BCUT2D eigenvalue weighted by Crippen LogP contribution is 2.15. The third-order valence-corrected chi connectivity index (χ3v) is 3.36. The van der Waals surface area contributed by atoms with Gasteiger partial charge < -0.3 is 14.7 Å². The van der Waals surface area contributed by atoms with Gasteiger partial charge in [-0.15, -0.1) is 0 Å². The molecule has 1 unspecified atom stereocenters. The number of hydrogen-bond acceptors (Lipinski definition) is 4. The summed E-state index contributed by atoms with van der Waals surface area (Å²) in [6, 6.07) is 6.34. The molecule has 1 fully saturated rings. The molecule has 21 heavy (non-hydrogen) atoms. The van der Waals surface area contributed by atoms with Crippen LogP contribution in [0.2, 0.25) is 0 Å². The van der Waals surface area contributed by atoms with Crippen molar-refractivity contribution in [2.45, 2.75) is 26.1 Å². The van der Waals surface area contributed by atoms with Gasteiger partial charge in [-0.3, -0.25) is 9.59 Å². The van der Waals surface area contributed by atoms with Crippen molar-refractivity contribution < 1.29 is 24.2 Å². The van der Waals surface area contributed by atoms with E-state index in [0.717, 1.165) is 0 Å². The number of nitrogens with zero attached hydrogens (tertiary/aromatic N) is 1. The molecular formula is C15H17NO5. The number of amides is 1. The van der Waals surface area contributed by atoms with Crippen LogP contribution < -0.4 is 0 Å². The average molecular weight is 291 g/mol. The minimum absolute atomic E-state index is 0.0208. The smallest absolute Gasteiger partial charge is 0.334 e. The van der Waals surface area contributed by atoms with E-state index in [1.807, 2.05) is 0 Å². The van der Waals surface area contributed by atoms with Gasteiger partial charge in [0.2, 0.25) is 0 Å². The van der Waals surface area contributed by atoms with Crippen LogP contribution in [0.4, 0.5) is 0 Å². The highest BCUT2D eigenvalue weighted by atomic mass is 16.5. The van der Waals surface area contributed by atoms with Gasteiger partial charge in [0.05, 0.1) is 12.6 Å². The zero-order valence-corrected chi connectivity index (χ0v) is 11.9. The summed E-state index contributed by atoms with van der Waals surface area (Å²) in [5, 5.41) is 9.02. The first-order chi connectivity index (χ1) is 9.88. The fourth-order valence-corrected chi connectivity index (χ4v) is 2.28. The number of hydrogen-bond donors (Lipinski definition) is 1. The Morgan fingerprint density at radius 2 is 1.71 bits per heavy atom. The molecule has 6 heteroatoms. The number of carboxylic acids is 1. The van der Waals surface area contributed by atoms with Gasteiger partial charge in [-0.1, -0.05) is 12.1 Å². The third kappa shape index (κ3) is 3.46. The topological polar surface area (TPSA) is 83.9 Å². The molecule has 1 aliphatic heterocycles. The number of benzene rings is 1. The number of morpholine rings is 1.